The molecular weight excluding hydrogens is 434 g/mol. The lowest BCUT2D eigenvalue weighted by atomic mass is 9.86. The van der Waals surface area contributed by atoms with Gasteiger partial charge in [-0.2, -0.15) is 0 Å². The van der Waals surface area contributed by atoms with E-state index in [4.69, 9.17) is 18.9 Å². The average Bonchev–Trinajstić information content (AvgIpc) is 3.12. The molecule has 0 aliphatic carbocycles. The van der Waals surface area contributed by atoms with E-state index in [0.717, 1.165) is 16.8 Å². The number of anilines is 1. The average molecular weight is 464 g/mol. The van der Waals surface area contributed by atoms with Crippen LogP contribution in [-0.4, -0.2) is 35.9 Å². The van der Waals surface area contributed by atoms with E-state index in [1.54, 1.807) is 17.1 Å². The molecule has 0 radical (unpaired) electrons. The highest BCUT2D eigenvalue weighted by Crippen LogP contribution is 2.50. The van der Waals surface area contributed by atoms with Crippen LogP contribution in [-0.2, 0) is 30.4 Å². The fraction of sp³-hybridized carbons (Fsp3) is 0.407. The molecule has 0 aromatic heterocycles. The number of nitrogens with zero attached hydrogens (tertiary/aromatic N) is 1. The maximum atomic E-state index is 13.2. The van der Waals surface area contributed by atoms with Crippen LogP contribution in [0.25, 0.3) is 0 Å². The Balaban J connectivity index is 1.51. The fourth-order valence-corrected chi connectivity index (χ4v) is 5.07. The molecule has 3 aliphatic heterocycles. The van der Waals surface area contributed by atoms with Crippen molar-refractivity contribution < 1.29 is 28.5 Å². The SMILES string of the molecule is CC(=O)O[C@H]1CC=CC(=O)N2c3ccc(OCc4ccccc4)cc3[C@@H]3OC(C)(C)O[C@H]3[C@@H]2C1. The largest absolute Gasteiger partial charge is 0.489 e. The van der Waals surface area contributed by atoms with Crippen LogP contribution in [0.2, 0.25) is 0 Å². The summed E-state index contributed by atoms with van der Waals surface area (Å²) in [6.45, 7) is 5.59. The molecule has 0 N–H and O–H groups in total. The second kappa shape index (κ2) is 8.89. The van der Waals surface area contributed by atoms with Gasteiger partial charge in [0.2, 0.25) is 0 Å². The lowest BCUT2D eigenvalue weighted by Crippen LogP contribution is -2.54. The Labute approximate surface area is 199 Å². The van der Waals surface area contributed by atoms with Crippen LogP contribution in [0.5, 0.6) is 5.75 Å². The maximum absolute atomic E-state index is 13.2. The predicted molar refractivity (Wildman–Crippen MR) is 125 cm³/mol. The highest BCUT2D eigenvalue weighted by Gasteiger charge is 2.53. The number of amides is 1. The lowest BCUT2D eigenvalue weighted by molar-refractivity contribution is -0.152. The molecule has 4 atom stereocenters. The molecule has 178 valence electrons. The van der Waals surface area contributed by atoms with Gasteiger partial charge < -0.3 is 23.8 Å². The van der Waals surface area contributed by atoms with Gasteiger partial charge in [-0.15, -0.1) is 0 Å². The van der Waals surface area contributed by atoms with Crippen LogP contribution in [0.1, 0.15) is 50.8 Å². The van der Waals surface area contributed by atoms with Crippen LogP contribution in [0.15, 0.2) is 60.7 Å². The summed E-state index contributed by atoms with van der Waals surface area (Å²) in [4.78, 5) is 26.7. The van der Waals surface area contributed by atoms with Crippen molar-refractivity contribution >= 4 is 17.6 Å². The fourth-order valence-electron chi connectivity index (χ4n) is 5.07. The number of esters is 1. The van der Waals surface area contributed by atoms with E-state index >= 15 is 0 Å². The summed E-state index contributed by atoms with van der Waals surface area (Å²) < 4.78 is 24.3. The van der Waals surface area contributed by atoms with Gasteiger partial charge >= 0.3 is 5.97 Å². The highest BCUT2D eigenvalue weighted by atomic mass is 16.8. The number of hydrogen-bond acceptors (Lipinski definition) is 6. The van der Waals surface area contributed by atoms with E-state index in [1.165, 1.54) is 6.92 Å². The zero-order valence-corrected chi connectivity index (χ0v) is 19.6. The van der Waals surface area contributed by atoms with Crippen LogP contribution in [0.3, 0.4) is 0 Å². The first-order valence-electron chi connectivity index (χ1n) is 11.6. The number of carbonyl (C=O) groups excluding carboxylic acids is 2. The molecule has 3 aliphatic rings. The van der Waals surface area contributed by atoms with Gasteiger partial charge in [0.15, 0.2) is 5.79 Å². The third kappa shape index (κ3) is 4.45. The van der Waals surface area contributed by atoms with E-state index in [1.807, 2.05) is 62.4 Å². The summed E-state index contributed by atoms with van der Waals surface area (Å²) in [6.07, 6.45) is 3.13. The van der Waals surface area contributed by atoms with Gasteiger partial charge in [-0.05, 0) is 43.7 Å². The zero-order valence-electron chi connectivity index (χ0n) is 19.6. The Kier molecular flexibility index (Phi) is 5.91. The molecule has 0 bridgehead atoms. The van der Waals surface area contributed by atoms with Crippen molar-refractivity contribution in [2.24, 2.45) is 0 Å². The molecule has 2 aromatic carbocycles. The minimum atomic E-state index is -0.818. The maximum Gasteiger partial charge on any atom is 0.302 e. The lowest BCUT2D eigenvalue weighted by Gasteiger charge is -2.43. The molecule has 1 amide bonds. The molecule has 7 nitrogen and oxygen atoms in total. The molecule has 3 heterocycles. The van der Waals surface area contributed by atoms with Crippen LogP contribution >= 0.6 is 0 Å². The summed E-state index contributed by atoms with van der Waals surface area (Å²) in [5, 5.41) is 0. The van der Waals surface area contributed by atoms with Gasteiger partial charge in [0.05, 0.1) is 11.7 Å². The number of hydrogen-bond donors (Lipinski definition) is 0. The second-order valence-corrected chi connectivity index (χ2v) is 9.40. The number of fused-ring (bicyclic) bond motifs is 6. The first-order chi connectivity index (χ1) is 16.3. The van der Waals surface area contributed by atoms with Crippen LogP contribution < -0.4 is 9.64 Å². The summed E-state index contributed by atoms with van der Waals surface area (Å²) in [6, 6.07) is 15.3. The summed E-state index contributed by atoms with van der Waals surface area (Å²) in [5.41, 5.74) is 2.68. The van der Waals surface area contributed by atoms with Gasteiger partial charge in [-0.3, -0.25) is 9.59 Å². The van der Waals surface area contributed by atoms with E-state index in [2.05, 4.69) is 0 Å². The molecule has 0 unspecified atom stereocenters. The quantitative estimate of drug-likeness (QED) is 0.624. The Bertz CT molecular complexity index is 1110. The molecule has 5 rings (SSSR count). The standard InChI is InChI=1S/C27H29NO6/c1-17(29)32-20-10-7-11-24(30)28-22-13-12-19(31-16-18-8-5-4-6-9-18)14-21(22)25-26(23(28)15-20)34-27(2,3)33-25/h4-9,11-14,20,23,25-26H,10,15-16H2,1-3H3/t20-,23-,25-,26-/m0/s1. The molecule has 0 saturated carbocycles. The van der Waals surface area contributed by atoms with Crippen molar-refractivity contribution in [3.05, 3.63) is 71.8 Å². The molecule has 1 saturated heterocycles. The predicted octanol–water partition coefficient (Wildman–Crippen LogP) is 4.46. The third-order valence-corrected chi connectivity index (χ3v) is 6.39. The molecule has 2 aromatic rings. The highest BCUT2D eigenvalue weighted by molar-refractivity contribution is 6.03. The van der Waals surface area contributed by atoms with Crippen molar-refractivity contribution in [2.45, 2.75) is 70.4 Å². The zero-order chi connectivity index (χ0) is 23.9. The molecule has 1 fully saturated rings. The van der Waals surface area contributed by atoms with Crippen LogP contribution in [0, 0.1) is 0 Å². The van der Waals surface area contributed by atoms with Crippen molar-refractivity contribution in [3.8, 4) is 5.75 Å². The second-order valence-electron chi connectivity index (χ2n) is 9.40. The third-order valence-electron chi connectivity index (χ3n) is 6.39. The van der Waals surface area contributed by atoms with Gasteiger partial charge in [0, 0.05) is 25.3 Å². The Morgan fingerprint density at radius 3 is 2.71 bits per heavy atom. The van der Waals surface area contributed by atoms with Crippen molar-refractivity contribution in [3.63, 3.8) is 0 Å². The topological polar surface area (TPSA) is 74.3 Å². The van der Waals surface area contributed by atoms with E-state index in [0.29, 0.717) is 25.2 Å². The minimum absolute atomic E-state index is 0.128. The monoisotopic (exact) mass is 463 g/mol. The van der Waals surface area contributed by atoms with Gasteiger partial charge in [-0.1, -0.05) is 36.4 Å². The molecule has 7 heteroatoms. The van der Waals surface area contributed by atoms with Gasteiger partial charge in [0.1, 0.15) is 30.7 Å². The minimum Gasteiger partial charge on any atom is -0.489 e. The number of carbonyl (C=O) groups is 2. The van der Waals surface area contributed by atoms with Gasteiger partial charge in [-0.25, -0.2) is 0 Å². The Hall–Kier alpha value is -3.16. The van der Waals surface area contributed by atoms with Crippen molar-refractivity contribution in [1.82, 2.24) is 0 Å². The first-order valence-corrected chi connectivity index (χ1v) is 11.6. The Morgan fingerprint density at radius 1 is 1.15 bits per heavy atom. The van der Waals surface area contributed by atoms with E-state index in [-0.39, 0.29) is 30.1 Å². The molecule has 34 heavy (non-hydrogen) atoms. The van der Waals surface area contributed by atoms with E-state index < -0.39 is 11.9 Å². The summed E-state index contributed by atoms with van der Waals surface area (Å²) in [5.74, 6) is -0.589. The smallest absolute Gasteiger partial charge is 0.302 e. The van der Waals surface area contributed by atoms with E-state index in [9.17, 15) is 9.59 Å². The Morgan fingerprint density at radius 2 is 1.94 bits per heavy atom. The van der Waals surface area contributed by atoms with Crippen molar-refractivity contribution in [1.29, 1.82) is 0 Å². The summed E-state index contributed by atoms with van der Waals surface area (Å²) in [7, 11) is 0. The molecule has 0 spiro atoms. The van der Waals surface area contributed by atoms with Crippen molar-refractivity contribution in [2.75, 3.05) is 4.90 Å². The number of benzene rings is 2. The van der Waals surface area contributed by atoms with Gasteiger partial charge in [0.25, 0.3) is 5.91 Å². The first kappa shape index (κ1) is 22.6. The number of ether oxygens (including phenoxy) is 4. The van der Waals surface area contributed by atoms with Crippen LogP contribution in [0.4, 0.5) is 5.69 Å². The summed E-state index contributed by atoms with van der Waals surface area (Å²) >= 11 is 0. The normalized spacial score (nSPS) is 27.1. The number of rotatable bonds is 4. The molecular formula is C27H29NO6.